The first kappa shape index (κ1) is 12.8. The molecule has 1 fully saturated rings. The van der Waals surface area contributed by atoms with E-state index in [1.54, 1.807) is 0 Å². The molecule has 20 heavy (non-hydrogen) atoms. The third-order valence-corrected chi connectivity index (χ3v) is 3.65. The van der Waals surface area contributed by atoms with E-state index in [1.807, 2.05) is 17.1 Å². The quantitative estimate of drug-likeness (QED) is 0.867. The van der Waals surface area contributed by atoms with Gasteiger partial charge >= 0.3 is 0 Å². The van der Waals surface area contributed by atoms with Crippen molar-refractivity contribution in [3.63, 3.8) is 0 Å². The van der Waals surface area contributed by atoms with E-state index in [0.717, 1.165) is 17.2 Å². The van der Waals surface area contributed by atoms with Crippen LogP contribution in [0.2, 0.25) is 0 Å². The van der Waals surface area contributed by atoms with Crippen LogP contribution < -0.4 is 5.73 Å². The molecule has 1 saturated carbocycles. The minimum absolute atomic E-state index is 0.275. The maximum absolute atomic E-state index is 6.27. The Kier molecular flexibility index (Phi) is 3.01. The number of aromatic nitrogens is 4. The maximum Gasteiger partial charge on any atom is 0.134 e. The fourth-order valence-electron chi connectivity index (χ4n) is 2.50. The van der Waals surface area contributed by atoms with E-state index in [9.17, 15) is 0 Å². The summed E-state index contributed by atoms with van der Waals surface area (Å²) >= 11 is 0. The molecule has 104 valence electrons. The molecule has 0 atom stereocenters. The summed E-state index contributed by atoms with van der Waals surface area (Å²) in [5.41, 5.74) is 8.06. The van der Waals surface area contributed by atoms with Crippen molar-refractivity contribution in [1.82, 2.24) is 19.1 Å². The van der Waals surface area contributed by atoms with E-state index < -0.39 is 0 Å². The van der Waals surface area contributed by atoms with Crippen LogP contribution in [-0.2, 0) is 6.54 Å². The van der Waals surface area contributed by atoms with E-state index in [4.69, 9.17) is 17.1 Å². The molecule has 3 rings (SSSR count). The fourth-order valence-corrected chi connectivity index (χ4v) is 2.50. The molecule has 1 aliphatic rings. The standard InChI is InChI=1S/C15H19N5/c1-4-7-19-14(16)13(18-15(19)10(2)3)12-8-17-9-20(12)11-5-6-11/h1,8-11H,5-7,16H2,2-3H3. The molecular formula is C15H19N5. The van der Waals surface area contributed by atoms with Gasteiger partial charge in [-0.3, -0.25) is 0 Å². The molecule has 5 nitrogen and oxygen atoms in total. The zero-order valence-electron chi connectivity index (χ0n) is 11.9. The minimum Gasteiger partial charge on any atom is -0.383 e. The second kappa shape index (κ2) is 4.71. The summed E-state index contributed by atoms with van der Waals surface area (Å²) in [7, 11) is 0. The largest absolute Gasteiger partial charge is 0.383 e. The first-order valence-corrected chi connectivity index (χ1v) is 6.95. The number of hydrogen-bond acceptors (Lipinski definition) is 3. The van der Waals surface area contributed by atoms with Gasteiger partial charge in [0.05, 0.1) is 24.8 Å². The Hall–Kier alpha value is -2.22. The predicted molar refractivity (Wildman–Crippen MR) is 79.1 cm³/mol. The molecule has 2 aromatic heterocycles. The van der Waals surface area contributed by atoms with Crippen molar-refractivity contribution in [2.75, 3.05) is 5.73 Å². The molecule has 2 aromatic rings. The molecule has 0 saturated heterocycles. The van der Waals surface area contributed by atoms with E-state index in [0.29, 0.717) is 18.4 Å². The Bertz CT molecular complexity index is 667. The summed E-state index contributed by atoms with van der Waals surface area (Å²) < 4.78 is 4.09. The molecule has 2 heterocycles. The van der Waals surface area contributed by atoms with Crippen LogP contribution in [-0.4, -0.2) is 19.1 Å². The third-order valence-electron chi connectivity index (χ3n) is 3.65. The Morgan fingerprint density at radius 2 is 2.25 bits per heavy atom. The summed E-state index contributed by atoms with van der Waals surface area (Å²) in [5, 5.41) is 0. The summed E-state index contributed by atoms with van der Waals surface area (Å²) in [6.07, 6.45) is 11.5. The minimum atomic E-state index is 0.275. The number of terminal acetylenes is 1. The zero-order valence-corrected chi connectivity index (χ0v) is 11.9. The molecule has 0 aliphatic heterocycles. The van der Waals surface area contributed by atoms with E-state index in [2.05, 4.69) is 29.3 Å². The molecule has 0 unspecified atom stereocenters. The summed E-state index contributed by atoms with van der Waals surface area (Å²) in [4.78, 5) is 8.97. The van der Waals surface area contributed by atoms with E-state index >= 15 is 0 Å². The van der Waals surface area contributed by atoms with Gasteiger partial charge in [-0.1, -0.05) is 19.8 Å². The van der Waals surface area contributed by atoms with Crippen LogP contribution >= 0.6 is 0 Å². The van der Waals surface area contributed by atoms with Crippen molar-refractivity contribution in [3.8, 4) is 23.7 Å². The van der Waals surface area contributed by atoms with Gasteiger partial charge < -0.3 is 14.9 Å². The maximum atomic E-state index is 6.27. The third kappa shape index (κ3) is 1.97. The second-order valence-electron chi connectivity index (χ2n) is 5.57. The van der Waals surface area contributed by atoms with Crippen LogP contribution in [0.3, 0.4) is 0 Å². The lowest BCUT2D eigenvalue weighted by molar-refractivity contribution is 0.691. The van der Waals surface area contributed by atoms with Gasteiger partial charge in [-0.05, 0) is 12.8 Å². The van der Waals surface area contributed by atoms with E-state index in [-0.39, 0.29) is 5.92 Å². The topological polar surface area (TPSA) is 61.7 Å². The Balaban J connectivity index is 2.12. The highest BCUT2D eigenvalue weighted by Gasteiger charge is 2.28. The first-order chi connectivity index (χ1) is 9.63. The number of imidazole rings is 2. The number of hydrogen-bond donors (Lipinski definition) is 1. The Labute approximate surface area is 118 Å². The fraction of sp³-hybridized carbons (Fsp3) is 0.467. The van der Waals surface area contributed by atoms with Gasteiger partial charge in [0.25, 0.3) is 0 Å². The van der Waals surface area contributed by atoms with Gasteiger partial charge in [0.2, 0.25) is 0 Å². The van der Waals surface area contributed by atoms with Gasteiger partial charge in [0.1, 0.15) is 17.3 Å². The summed E-state index contributed by atoms with van der Waals surface area (Å²) in [6.45, 7) is 4.64. The van der Waals surface area contributed by atoms with E-state index in [1.165, 1.54) is 12.8 Å². The van der Waals surface area contributed by atoms with Crippen molar-refractivity contribution in [2.24, 2.45) is 0 Å². The molecule has 0 spiro atoms. The number of rotatable bonds is 4. The average molecular weight is 269 g/mol. The highest BCUT2D eigenvalue weighted by molar-refractivity contribution is 5.68. The Morgan fingerprint density at radius 3 is 2.85 bits per heavy atom. The van der Waals surface area contributed by atoms with Crippen LogP contribution in [0.15, 0.2) is 12.5 Å². The lowest BCUT2D eigenvalue weighted by Crippen LogP contribution is -2.07. The SMILES string of the molecule is C#CCn1c(C(C)C)nc(-c2cncn2C2CC2)c1N. The second-order valence-corrected chi connectivity index (χ2v) is 5.57. The van der Waals surface area contributed by atoms with Crippen molar-refractivity contribution in [1.29, 1.82) is 0 Å². The predicted octanol–water partition coefficient (Wildman–Crippen LogP) is 2.42. The summed E-state index contributed by atoms with van der Waals surface area (Å²) in [6, 6.07) is 0.548. The van der Waals surface area contributed by atoms with Crippen molar-refractivity contribution >= 4 is 5.82 Å². The number of nitrogens with two attached hydrogens (primary N) is 1. The lowest BCUT2D eigenvalue weighted by atomic mass is 10.2. The summed E-state index contributed by atoms with van der Waals surface area (Å²) in [5.74, 6) is 4.49. The smallest absolute Gasteiger partial charge is 0.134 e. The molecule has 0 radical (unpaired) electrons. The average Bonchev–Trinajstić information content (AvgIpc) is 3.06. The van der Waals surface area contributed by atoms with Crippen molar-refractivity contribution in [3.05, 3.63) is 18.3 Å². The number of anilines is 1. The monoisotopic (exact) mass is 269 g/mol. The highest BCUT2D eigenvalue weighted by Crippen LogP contribution is 2.39. The van der Waals surface area contributed by atoms with Crippen LogP contribution in [0.1, 0.15) is 44.5 Å². The van der Waals surface area contributed by atoms with Crippen LogP contribution in [0.5, 0.6) is 0 Å². The zero-order chi connectivity index (χ0) is 14.3. The number of nitrogen functional groups attached to an aromatic ring is 1. The first-order valence-electron chi connectivity index (χ1n) is 6.95. The highest BCUT2D eigenvalue weighted by atomic mass is 15.2. The molecule has 0 amide bonds. The van der Waals surface area contributed by atoms with Crippen molar-refractivity contribution < 1.29 is 0 Å². The lowest BCUT2D eigenvalue weighted by Gasteiger charge is -2.08. The van der Waals surface area contributed by atoms with Crippen LogP contribution in [0, 0.1) is 12.3 Å². The Morgan fingerprint density at radius 1 is 1.50 bits per heavy atom. The molecule has 0 bridgehead atoms. The van der Waals surface area contributed by atoms with Gasteiger partial charge in [-0.2, -0.15) is 0 Å². The molecule has 2 N–H and O–H groups in total. The molecule has 0 aromatic carbocycles. The molecular weight excluding hydrogens is 250 g/mol. The molecule has 5 heteroatoms. The van der Waals surface area contributed by atoms with Gasteiger partial charge in [0, 0.05) is 12.0 Å². The normalized spacial score (nSPS) is 14.7. The van der Waals surface area contributed by atoms with Crippen LogP contribution in [0.4, 0.5) is 5.82 Å². The molecule has 1 aliphatic carbocycles. The van der Waals surface area contributed by atoms with Gasteiger partial charge in [-0.25, -0.2) is 9.97 Å². The van der Waals surface area contributed by atoms with Crippen LogP contribution in [0.25, 0.3) is 11.4 Å². The van der Waals surface area contributed by atoms with Gasteiger partial charge in [0.15, 0.2) is 0 Å². The van der Waals surface area contributed by atoms with Crippen molar-refractivity contribution in [2.45, 2.75) is 45.2 Å². The van der Waals surface area contributed by atoms with Gasteiger partial charge in [-0.15, -0.1) is 6.42 Å². The number of nitrogens with zero attached hydrogens (tertiary/aromatic N) is 4.